The minimum Gasteiger partial charge on any atom is -0.460 e. The van der Waals surface area contributed by atoms with Gasteiger partial charge in [-0.15, -0.1) is 0 Å². The zero-order chi connectivity index (χ0) is 15.4. The van der Waals surface area contributed by atoms with Crippen LogP contribution in [0.3, 0.4) is 0 Å². The molecular formula is C16H18N2O3. The minimum absolute atomic E-state index is 0.190. The van der Waals surface area contributed by atoms with Crippen molar-refractivity contribution in [2.24, 2.45) is 0 Å². The fourth-order valence-corrected chi connectivity index (χ4v) is 1.89. The third kappa shape index (κ3) is 3.37. The summed E-state index contributed by atoms with van der Waals surface area (Å²) in [4.78, 5) is 23.2. The average molecular weight is 286 g/mol. The summed E-state index contributed by atoms with van der Waals surface area (Å²) in [6.45, 7) is 5.96. The van der Waals surface area contributed by atoms with E-state index in [0.717, 1.165) is 11.3 Å². The Balaban J connectivity index is 2.18. The number of hydrogen-bond acceptors (Lipinski definition) is 4. The fourth-order valence-electron chi connectivity index (χ4n) is 1.89. The van der Waals surface area contributed by atoms with Crippen LogP contribution in [-0.4, -0.2) is 28.1 Å². The van der Waals surface area contributed by atoms with Crippen LogP contribution in [0.25, 0.3) is 11.3 Å². The van der Waals surface area contributed by atoms with Gasteiger partial charge < -0.3 is 4.74 Å². The van der Waals surface area contributed by atoms with E-state index in [1.807, 2.05) is 16.9 Å². The molecule has 0 radical (unpaired) electrons. The molecule has 0 amide bonds. The zero-order valence-corrected chi connectivity index (χ0v) is 12.4. The Hall–Kier alpha value is -2.43. The van der Waals surface area contributed by atoms with E-state index in [9.17, 15) is 9.59 Å². The molecule has 0 atom stereocenters. The molecule has 1 heterocycles. The molecule has 0 spiro atoms. The molecule has 0 aliphatic heterocycles. The van der Waals surface area contributed by atoms with Gasteiger partial charge in [0.1, 0.15) is 0 Å². The van der Waals surface area contributed by atoms with Gasteiger partial charge in [0.25, 0.3) is 5.78 Å². The van der Waals surface area contributed by atoms with Crippen LogP contribution in [0, 0.1) is 0 Å². The normalized spacial score (nSPS) is 10.7. The standard InChI is InChI=1S/C16H18N2O3/c1-4-21-16(20)15(19)13-7-5-12(6-8-13)14-9-10-18(17-14)11(2)3/h5-11H,4H2,1-3H3. The van der Waals surface area contributed by atoms with Gasteiger partial charge in [-0.2, -0.15) is 5.10 Å². The summed E-state index contributed by atoms with van der Waals surface area (Å²) in [6.07, 6.45) is 1.91. The summed E-state index contributed by atoms with van der Waals surface area (Å²) in [6, 6.07) is 9.00. The Kier molecular flexibility index (Phi) is 4.52. The number of Topliss-reactive ketones (excluding diaryl/α,β-unsaturated/α-hetero) is 1. The summed E-state index contributed by atoms with van der Waals surface area (Å²) in [5, 5.41) is 4.46. The van der Waals surface area contributed by atoms with Crippen molar-refractivity contribution in [3.05, 3.63) is 42.1 Å². The number of ketones is 1. The molecule has 1 aromatic carbocycles. The van der Waals surface area contributed by atoms with Crippen LogP contribution in [0.1, 0.15) is 37.2 Å². The number of aromatic nitrogens is 2. The van der Waals surface area contributed by atoms with E-state index in [1.54, 1.807) is 31.2 Å². The van der Waals surface area contributed by atoms with Crippen LogP contribution in [0.5, 0.6) is 0 Å². The Morgan fingerprint density at radius 3 is 2.38 bits per heavy atom. The zero-order valence-electron chi connectivity index (χ0n) is 12.4. The number of ether oxygens (including phenoxy) is 1. The van der Waals surface area contributed by atoms with E-state index in [0.29, 0.717) is 11.6 Å². The summed E-state index contributed by atoms with van der Waals surface area (Å²) in [7, 11) is 0. The average Bonchev–Trinajstić information content (AvgIpc) is 2.97. The van der Waals surface area contributed by atoms with Gasteiger partial charge in [-0.3, -0.25) is 9.48 Å². The van der Waals surface area contributed by atoms with Crippen molar-refractivity contribution in [2.45, 2.75) is 26.8 Å². The van der Waals surface area contributed by atoms with E-state index >= 15 is 0 Å². The number of hydrogen-bond donors (Lipinski definition) is 0. The molecule has 0 N–H and O–H groups in total. The van der Waals surface area contributed by atoms with Gasteiger partial charge in [0, 0.05) is 23.4 Å². The van der Waals surface area contributed by atoms with Crippen molar-refractivity contribution >= 4 is 11.8 Å². The van der Waals surface area contributed by atoms with Crippen LogP contribution < -0.4 is 0 Å². The summed E-state index contributed by atoms with van der Waals surface area (Å²) in [5.74, 6) is -1.45. The first kappa shape index (κ1) is 15.0. The molecule has 2 aromatic rings. The molecule has 0 aliphatic rings. The maximum absolute atomic E-state index is 11.8. The summed E-state index contributed by atoms with van der Waals surface area (Å²) < 4.78 is 6.57. The molecule has 1 aromatic heterocycles. The SMILES string of the molecule is CCOC(=O)C(=O)c1ccc(-c2ccn(C(C)C)n2)cc1. The smallest absolute Gasteiger partial charge is 0.379 e. The predicted molar refractivity (Wildman–Crippen MR) is 79.0 cm³/mol. The van der Waals surface area contributed by atoms with Gasteiger partial charge in [-0.05, 0) is 26.8 Å². The van der Waals surface area contributed by atoms with E-state index in [1.165, 1.54) is 0 Å². The summed E-state index contributed by atoms with van der Waals surface area (Å²) in [5.41, 5.74) is 2.05. The van der Waals surface area contributed by atoms with Gasteiger partial charge in [0.2, 0.25) is 0 Å². The number of nitrogens with zero attached hydrogens (tertiary/aromatic N) is 2. The lowest BCUT2D eigenvalue weighted by molar-refractivity contribution is -0.137. The highest BCUT2D eigenvalue weighted by molar-refractivity contribution is 6.40. The number of benzene rings is 1. The van der Waals surface area contributed by atoms with Crippen LogP contribution in [0.4, 0.5) is 0 Å². The topological polar surface area (TPSA) is 61.2 Å². The lowest BCUT2D eigenvalue weighted by atomic mass is 10.1. The molecule has 21 heavy (non-hydrogen) atoms. The lowest BCUT2D eigenvalue weighted by Gasteiger charge is -2.04. The summed E-state index contributed by atoms with van der Waals surface area (Å²) >= 11 is 0. The van der Waals surface area contributed by atoms with Gasteiger partial charge >= 0.3 is 5.97 Å². The lowest BCUT2D eigenvalue weighted by Crippen LogP contribution is -2.17. The Bertz CT molecular complexity index is 642. The molecule has 0 saturated carbocycles. The van der Waals surface area contributed by atoms with Crippen LogP contribution in [0.2, 0.25) is 0 Å². The number of carbonyl (C=O) groups is 2. The Morgan fingerprint density at radius 2 is 1.86 bits per heavy atom. The number of rotatable bonds is 5. The molecule has 0 bridgehead atoms. The maximum Gasteiger partial charge on any atom is 0.379 e. The highest BCUT2D eigenvalue weighted by Crippen LogP contribution is 2.19. The maximum atomic E-state index is 11.8. The largest absolute Gasteiger partial charge is 0.460 e. The highest BCUT2D eigenvalue weighted by Gasteiger charge is 2.17. The first-order valence-corrected chi connectivity index (χ1v) is 6.90. The number of esters is 1. The van der Waals surface area contributed by atoms with Gasteiger partial charge in [0.15, 0.2) is 0 Å². The Morgan fingerprint density at radius 1 is 1.19 bits per heavy atom. The van der Waals surface area contributed by atoms with E-state index < -0.39 is 11.8 Å². The predicted octanol–water partition coefficient (Wildman–Crippen LogP) is 2.88. The molecule has 0 fully saturated rings. The van der Waals surface area contributed by atoms with Crippen molar-refractivity contribution in [1.29, 1.82) is 0 Å². The van der Waals surface area contributed by atoms with Gasteiger partial charge in [-0.1, -0.05) is 24.3 Å². The second-order valence-corrected chi connectivity index (χ2v) is 4.90. The van der Waals surface area contributed by atoms with Crippen molar-refractivity contribution in [1.82, 2.24) is 9.78 Å². The third-order valence-electron chi connectivity index (χ3n) is 3.04. The monoisotopic (exact) mass is 286 g/mol. The van der Waals surface area contributed by atoms with E-state index in [2.05, 4.69) is 18.9 Å². The first-order chi connectivity index (χ1) is 10.0. The van der Waals surface area contributed by atoms with Crippen molar-refractivity contribution in [3.63, 3.8) is 0 Å². The fraction of sp³-hybridized carbons (Fsp3) is 0.312. The van der Waals surface area contributed by atoms with E-state index in [4.69, 9.17) is 4.74 Å². The molecule has 0 aliphatic carbocycles. The molecule has 5 nitrogen and oxygen atoms in total. The van der Waals surface area contributed by atoms with Crippen LogP contribution in [-0.2, 0) is 9.53 Å². The molecule has 0 unspecified atom stereocenters. The second kappa shape index (κ2) is 6.35. The van der Waals surface area contributed by atoms with E-state index in [-0.39, 0.29) is 6.61 Å². The molecule has 0 saturated heterocycles. The van der Waals surface area contributed by atoms with Crippen LogP contribution in [0.15, 0.2) is 36.5 Å². The molecule has 2 rings (SSSR count). The number of carbonyl (C=O) groups excluding carboxylic acids is 2. The minimum atomic E-state index is -0.825. The van der Waals surface area contributed by atoms with Crippen molar-refractivity contribution in [3.8, 4) is 11.3 Å². The van der Waals surface area contributed by atoms with Crippen LogP contribution >= 0.6 is 0 Å². The highest BCUT2D eigenvalue weighted by atomic mass is 16.5. The van der Waals surface area contributed by atoms with Crippen molar-refractivity contribution in [2.75, 3.05) is 6.61 Å². The van der Waals surface area contributed by atoms with Gasteiger partial charge in [0.05, 0.1) is 12.3 Å². The third-order valence-corrected chi connectivity index (χ3v) is 3.04. The Labute approximate surface area is 123 Å². The first-order valence-electron chi connectivity index (χ1n) is 6.90. The molecule has 110 valence electrons. The quantitative estimate of drug-likeness (QED) is 0.482. The molecular weight excluding hydrogens is 268 g/mol. The van der Waals surface area contributed by atoms with Gasteiger partial charge in [-0.25, -0.2) is 4.79 Å². The second-order valence-electron chi connectivity index (χ2n) is 4.90. The molecule has 5 heteroatoms. The van der Waals surface area contributed by atoms with Crippen molar-refractivity contribution < 1.29 is 14.3 Å².